The summed E-state index contributed by atoms with van der Waals surface area (Å²) in [6.07, 6.45) is 1.29. The molecule has 2 aromatic heterocycles. The number of aromatic nitrogens is 2. The van der Waals surface area contributed by atoms with E-state index in [2.05, 4.69) is 4.98 Å². The molecule has 0 atom stereocenters. The number of fused-ring (bicyclic) bond motifs is 1. The zero-order valence-electron chi connectivity index (χ0n) is 12.9. The molecule has 0 amide bonds. The van der Waals surface area contributed by atoms with Gasteiger partial charge in [-0.05, 0) is 39.8 Å². The van der Waals surface area contributed by atoms with E-state index in [1.807, 2.05) is 58.8 Å². The number of pyridine rings is 1. The summed E-state index contributed by atoms with van der Waals surface area (Å²) < 4.78 is 7.01. The molecule has 0 unspecified atom stereocenters. The summed E-state index contributed by atoms with van der Waals surface area (Å²) in [5.74, 6) is 0. The van der Waals surface area contributed by atoms with Crippen molar-refractivity contribution < 1.29 is 9.53 Å². The molecule has 2 heterocycles. The van der Waals surface area contributed by atoms with E-state index in [1.54, 1.807) is 6.20 Å². The van der Waals surface area contributed by atoms with Gasteiger partial charge < -0.3 is 9.64 Å². The number of carbonyl (C=O) groups excluding carboxylic acids is 1. The molecule has 108 valence electrons. The van der Waals surface area contributed by atoms with Crippen LogP contribution in [0.4, 0.5) is 10.5 Å². The quantitative estimate of drug-likeness (QED) is 0.802. The number of hydrogen-bond acceptors (Lipinski definition) is 4. The topological polar surface area (TPSA) is 47.4 Å². The average molecular weight is 275 g/mol. The minimum Gasteiger partial charge on any atom is -0.443 e. The lowest BCUT2D eigenvalue weighted by Crippen LogP contribution is -2.28. The van der Waals surface area contributed by atoms with Gasteiger partial charge in [0.1, 0.15) is 5.60 Å². The van der Waals surface area contributed by atoms with E-state index >= 15 is 0 Å². The lowest BCUT2D eigenvalue weighted by molar-refractivity contribution is 0.0541. The summed E-state index contributed by atoms with van der Waals surface area (Å²) in [6.45, 7) is 7.46. The number of hydrogen-bond donors (Lipinski definition) is 0. The van der Waals surface area contributed by atoms with Gasteiger partial charge in [0, 0.05) is 25.7 Å². The Morgan fingerprint density at radius 2 is 2.00 bits per heavy atom. The van der Waals surface area contributed by atoms with Crippen LogP contribution in [0.5, 0.6) is 0 Å². The Bertz CT molecular complexity index is 651. The highest BCUT2D eigenvalue weighted by Crippen LogP contribution is 2.31. The van der Waals surface area contributed by atoms with E-state index in [0.29, 0.717) is 5.65 Å². The van der Waals surface area contributed by atoms with Crippen LogP contribution in [0.3, 0.4) is 0 Å². The fourth-order valence-electron chi connectivity index (χ4n) is 2.32. The van der Waals surface area contributed by atoms with E-state index in [4.69, 9.17) is 4.74 Å². The number of nitrogens with zero attached hydrogens (tertiary/aromatic N) is 3. The predicted molar refractivity (Wildman–Crippen MR) is 80.4 cm³/mol. The van der Waals surface area contributed by atoms with Gasteiger partial charge in [-0.1, -0.05) is 0 Å². The molecule has 0 bridgehead atoms. The summed E-state index contributed by atoms with van der Waals surface area (Å²) in [5.41, 5.74) is 1.91. The molecular weight excluding hydrogens is 254 g/mol. The van der Waals surface area contributed by atoms with Crippen molar-refractivity contribution in [1.82, 2.24) is 9.55 Å². The summed E-state index contributed by atoms with van der Waals surface area (Å²) in [4.78, 5) is 18.7. The highest BCUT2D eigenvalue weighted by Gasteiger charge is 2.24. The average Bonchev–Trinajstić information content (AvgIpc) is 2.58. The Morgan fingerprint density at radius 3 is 2.55 bits per heavy atom. The van der Waals surface area contributed by atoms with Crippen LogP contribution in [0, 0.1) is 6.92 Å². The van der Waals surface area contributed by atoms with Crippen LogP contribution in [0.1, 0.15) is 26.5 Å². The highest BCUT2D eigenvalue weighted by atomic mass is 16.6. The zero-order chi connectivity index (χ0) is 15.1. The largest absolute Gasteiger partial charge is 0.443 e. The van der Waals surface area contributed by atoms with Crippen molar-refractivity contribution in [3.63, 3.8) is 0 Å². The normalized spacial score (nSPS) is 11.7. The first-order chi connectivity index (χ1) is 9.22. The van der Waals surface area contributed by atoms with Crippen LogP contribution in [0.2, 0.25) is 0 Å². The molecule has 0 fully saturated rings. The molecule has 0 radical (unpaired) electrons. The van der Waals surface area contributed by atoms with Crippen LogP contribution in [-0.4, -0.2) is 35.3 Å². The molecule has 5 heteroatoms. The molecule has 0 spiro atoms. The molecule has 0 saturated heterocycles. The van der Waals surface area contributed by atoms with Gasteiger partial charge in [0.15, 0.2) is 5.65 Å². The lowest BCUT2D eigenvalue weighted by atomic mass is 10.2. The Morgan fingerprint density at radius 1 is 1.35 bits per heavy atom. The Labute approximate surface area is 119 Å². The molecule has 20 heavy (non-hydrogen) atoms. The second-order valence-electron chi connectivity index (χ2n) is 6.02. The minimum atomic E-state index is -0.535. The van der Waals surface area contributed by atoms with Gasteiger partial charge in [0.2, 0.25) is 0 Å². The fourth-order valence-corrected chi connectivity index (χ4v) is 2.32. The summed E-state index contributed by atoms with van der Waals surface area (Å²) >= 11 is 0. The molecule has 2 aromatic rings. The summed E-state index contributed by atoms with van der Waals surface area (Å²) in [5, 5.41) is 0.945. The standard InChI is InChI=1S/C15H21N3O2/c1-10-12(17(5)6)11-8-7-9-16-13(11)18(10)14(19)20-15(2,3)4/h7-9H,1-6H3. The van der Waals surface area contributed by atoms with Gasteiger partial charge in [-0.3, -0.25) is 0 Å². The van der Waals surface area contributed by atoms with Gasteiger partial charge in [0.05, 0.1) is 11.4 Å². The first-order valence-corrected chi connectivity index (χ1v) is 6.59. The van der Waals surface area contributed by atoms with Crippen molar-refractivity contribution in [2.24, 2.45) is 0 Å². The van der Waals surface area contributed by atoms with E-state index in [0.717, 1.165) is 16.8 Å². The molecular formula is C15H21N3O2. The number of anilines is 1. The third-order valence-corrected chi connectivity index (χ3v) is 2.96. The molecule has 0 aliphatic heterocycles. The minimum absolute atomic E-state index is 0.396. The third kappa shape index (κ3) is 2.48. The molecule has 2 rings (SSSR count). The molecule has 0 N–H and O–H groups in total. The molecule has 0 aromatic carbocycles. The van der Waals surface area contributed by atoms with Crippen molar-refractivity contribution in [2.45, 2.75) is 33.3 Å². The monoisotopic (exact) mass is 275 g/mol. The molecule has 0 aliphatic carbocycles. The number of rotatable bonds is 1. The Hall–Kier alpha value is -2.04. The third-order valence-electron chi connectivity index (χ3n) is 2.96. The van der Waals surface area contributed by atoms with Crippen molar-refractivity contribution in [2.75, 3.05) is 19.0 Å². The predicted octanol–water partition coefficient (Wildman–Crippen LogP) is 3.19. The number of carbonyl (C=O) groups is 1. The lowest BCUT2D eigenvalue weighted by Gasteiger charge is -2.20. The first-order valence-electron chi connectivity index (χ1n) is 6.59. The number of ether oxygens (including phenoxy) is 1. The summed E-state index contributed by atoms with van der Waals surface area (Å²) in [7, 11) is 3.91. The van der Waals surface area contributed by atoms with Gasteiger partial charge in [-0.2, -0.15) is 0 Å². The van der Waals surface area contributed by atoms with Crippen LogP contribution < -0.4 is 4.90 Å². The van der Waals surface area contributed by atoms with Gasteiger partial charge in [-0.15, -0.1) is 0 Å². The van der Waals surface area contributed by atoms with Crippen LogP contribution >= 0.6 is 0 Å². The maximum Gasteiger partial charge on any atom is 0.420 e. The van der Waals surface area contributed by atoms with Gasteiger partial charge >= 0.3 is 6.09 Å². The molecule has 0 saturated carbocycles. The van der Waals surface area contributed by atoms with E-state index in [-0.39, 0.29) is 0 Å². The van der Waals surface area contributed by atoms with E-state index < -0.39 is 11.7 Å². The van der Waals surface area contributed by atoms with Crippen molar-refractivity contribution in [3.8, 4) is 0 Å². The highest BCUT2D eigenvalue weighted by molar-refractivity contribution is 5.98. The van der Waals surface area contributed by atoms with Crippen molar-refractivity contribution >= 4 is 22.8 Å². The zero-order valence-corrected chi connectivity index (χ0v) is 12.9. The van der Waals surface area contributed by atoms with Crippen LogP contribution in [-0.2, 0) is 4.74 Å². The first kappa shape index (κ1) is 14.4. The molecule has 0 aliphatic rings. The fraction of sp³-hybridized carbons (Fsp3) is 0.467. The Kier molecular flexibility index (Phi) is 3.46. The van der Waals surface area contributed by atoms with Crippen molar-refractivity contribution in [3.05, 3.63) is 24.0 Å². The molecule has 5 nitrogen and oxygen atoms in total. The maximum atomic E-state index is 12.4. The van der Waals surface area contributed by atoms with Crippen molar-refractivity contribution in [1.29, 1.82) is 0 Å². The van der Waals surface area contributed by atoms with E-state index in [1.165, 1.54) is 4.57 Å². The second-order valence-corrected chi connectivity index (χ2v) is 6.02. The van der Waals surface area contributed by atoms with Crippen LogP contribution in [0.25, 0.3) is 11.0 Å². The van der Waals surface area contributed by atoms with Gasteiger partial charge in [-0.25, -0.2) is 14.3 Å². The summed E-state index contributed by atoms with van der Waals surface area (Å²) in [6, 6.07) is 3.83. The maximum absolute atomic E-state index is 12.4. The van der Waals surface area contributed by atoms with Gasteiger partial charge in [0.25, 0.3) is 0 Å². The van der Waals surface area contributed by atoms with E-state index in [9.17, 15) is 4.79 Å². The second kappa shape index (κ2) is 4.81. The van der Waals surface area contributed by atoms with Crippen LogP contribution in [0.15, 0.2) is 18.3 Å². The SMILES string of the molecule is Cc1c(N(C)C)c2cccnc2n1C(=O)OC(C)(C)C. The Balaban J connectivity index is 2.65. The smallest absolute Gasteiger partial charge is 0.420 e.